The number of likely N-dealkylation sites (tertiary alicyclic amines) is 1. The van der Waals surface area contributed by atoms with Gasteiger partial charge in [-0.1, -0.05) is 6.07 Å². The predicted octanol–water partition coefficient (Wildman–Crippen LogP) is 2.39. The number of amides is 2. The summed E-state index contributed by atoms with van der Waals surface area (Å²) in [4.78, 5) is 24.7. The first-order chi connectivity index (χ1) is 9.49. The van der Waals surface area contributed by atoms with Gasteiger partial charge in [-0.15, -0.1) is 0 Å². The third kappa shape index (κ3) is 3.36. The second-order valence-electron chi connectivity index (χ2n) is 4.83. The van der Waals surface area contributed by atoms with E-state index in [1.54, 1.807) is 11.0 Å². The Kier molecular flexibility index (Phi) is 4.75. The molecule has 1 heterocycles. The van der Waals surface area contributed by atoms with Crippen LogP contribution in [0.4, 0.5) is 4.39 Å². The maximum Gasteiger partial charge on any atom is 0.242 e. The molecule has 1 atom stereocenters. The van der Waals surface area contributed by atoms with Crippen molar-refractivity contribution in [3.8, 4) is 0 Å². The minimum atomic E-state index is -0.330. The van der Waals surface area contributed by atoms with Crippen LogP contribution < -0.4 is 5.32 Å². The fraction of sp³-hybridized carbons (Fsp3) is 0.429. The minimum absolute atomic E-state index is 0.00908. The van der Waals surface area contributed by atoms with Gasteiger partial charge < -0.3 is 10.2 Å². The van der Waals surface area contributed by atoms with Crippen molar-refractivity contribution in [1.29, 1.82) is 0 Å². The van der Waals surface area contributed by atoms with Crippen LogP contribution in [0.2, 0.25) is 0 Å². The molecule has 1 aromatic rings. The van der Waals surface area contributed by atoms with Crippen molar-refractivity contribution < 1.29 is 14.0 Å². The van der Waals surface area contributed by atoms with Gasteiger partial charge in [0.05, 0.1) is 17.1 Å². The first-order valence-electron chi connectivity index (χ1n) is 6.48. The lowest BCUT2D eigenvalue weighted by molar-refractivity contribution is -0.133. The molecule has 2 amide bonds. The van der Waals surface area contributed by atoms with Gasteiger partial charge in [0.2, 0.25) is 11.8 Å². The molecule has 0 aliphatic carbocycles. The van der Waals surface area contributed by atoms with E-state index in [4.69, 9.17) is 0 Å². The zero-order valence-corrected chi connectivity index (χ0v) is 12.7. The quantitative estimate of drug-likeness (QED) is 0.916. The summed E-state index contributed by atoms with van der Waals surface area (Å²) in [5.41, 5.74) is 0.791. The Morgan fingerprint density at radius 3 is 2.90 bits per heavy atom. The van der Waals surface area contributed by atoms with Crippen LogP contribution in [0.5, 0.6) is 0 Å². The number of nitrogens with one attached hydrogen (secondary N) is 1. The third-order valence-electron chi connectivity index (χ3n) is 3.39. The molecule has 4 nitrogen and oxygen atoms in total. The molecule has 1 aromatic carbocycles. The van der Waals surface area contributed by atoms with Gasteiger partial charge in [-0.2, -0.15) is 0 Å². The molecule has 1 saturated heterocycles. The number of nitrogens with zero attached hydrogens (tertiary/aromatic N) is 1. The Balaban J connectivity index is 2.12. The number of hydrogen-bond acceptors (Lipinski definition) is 2. The number of carbonyl (C=O) groups excluding carboxylic acids is 2. The van der Waals surface area contributed by atoms with E-state index in [0.717, 1.165) is 18.4 Å². The van der Waals surface area contributed by atoms with Crippen molar-refractivity contribution in [3.05, 3.63) is 34.1 Å². The molecular weight excluding hydrogens is 327 g/mol. The van der Waals surface area contributed by atoms with Gasteiger partial charge in [-0.05, 0) is 46.5 Å². The fourth-order valence-electron chi connectivity index (χ4n) is 2.43. The molecule has 0 bridgehead atoms. The maximum absolute atomic E-state index is 13.6. The molecule has 1 aliphatic heterocycles. The van der Waals surface area contributed by atoms with E-state index < -0.39 is 0 Å². The van der Waals surface area contributed by atoms with Gasteiger partial charge in [0.1, 0.15) is 5.82 Å². The molecule has 108 valence electrons. The van der Waals surface area contributed by atoms with Crippen LogP contribution >= 0.6 is 15.9 Å². The van der Waals surface area contributed by atoms with Crippen molar-refractivity contribution in [2.24, 2.45) is 0 Å². The van der Waals surface area contributed by atoms with Crippen molar-refractivity contribution in [3.63, 3.8) is 0 Å². The number of hydrogen-bond donors (Lipinski definition) is 1. The summed E-state index contributed by atoms with van der Waals surface area (Å²) in [6.45, 7) is 2.00. The Hall–Kier alpha value is -1.43. The normalized spacial score (nSPS) is 18.1. The molecule has 6 heteroatoms. The van der Waals surface area contributed by atoms with E-state index in [0.29, 0.717) is 11.0 Å². The van der Waals surface area contributed by atoms with E-state index in [1.165, 1.54) is 13.0 Å². The Morgan fingerprint density at radius 2 is 2.25 bits per heavy atom. The number of carbonyl (C=O) groups is 2. The van der Waals surface area contributed by atoms with Crippen LogP contribution in [0, 0.1) is 5.82 Å². The summed E-state index contributed by atoms with van der Waals surface area (Å²) in [7, 11) is 0. The minimum Gasteiger partial charge on any atom is -0.347 e. The Morgan fingerprint density at radius 1 is 1.50 bits per heavy atom. The zero-order valence-electron chi connectivity index (χ0n) is 11.2. The highest BCUT2D eigenvalue weighted by molar-refractivity contribution is 9.10. The standard InChI is InChI=1S/C14H16BrFN2O2/c1-9(19)17-8-14(20)18-6-2-3-13(18)10-4-5-11(15)12(16)7-10/h4-5,7,13H,2-3,6,8H2,1H3,(H,17,19)/t13-/m1/s1. The molecule has 0 radical (unpaired) electrons. The monoisotopic (exact) mass is 342 g/mol. The van der Waals surface area contributed by atoms with Crippen LogP contribution in [-0.4, -0.2) is 29.8 Å². The molecule has 0 saturated carbocycles. The molecule has 20 heavy (non-hydrogen) atoms. The highest BCUT2D eigenvalue weighted by atomic mass is 79.9. The van der Waals surface area contributed by atoms with Crippen molar-refractivity contribution >= 4 is 27.7 Å². The van der Waals surface area contributed by atoms with Crippen LogP contribution in [-0.2, 0) is 9.59 Å². The van der Waals surface area contributed by atoms with E-state index in [-0.39, 0.29) is 30.2 Å². The van der Waals surface area contributed by atoms with Gasteiger partial charge in [-0.3, -0.25) is 9.59 Å². The molecule has 0 aromatic heterocycles. The SMILES string of the molecule is CC(=O)NCC(=O)N1CCC[C@@H]1c1ccc(Br)c(F)c1. The first-order valence-corrected chi connectivity index (χ1v) is 7.27. The van der Waals surface area contributed by atoms with Gasteiger partial charge in [-0.25, -0.2) is 4.39 Å². The summed E-state index contributed by atoms with van der Waals surface area (Å²) in [6.07, 6.45) is 1.70. The van der Waals surface area contributed by atoms with Gasteiger partial charge in [0, 0.05) is 13.5 Å². The van der Waals surface area contributed by atoms with E-state index in [2.05, 4.69) is 21.2 Å². The maximum atomic E-state index is 13.6. The van der Waals surface area contributed by atoms with E-state index in [1.807, 2.05) is 6.07 Å². The number of rotatable bonds is 3. The number of halogens is 2. The lowest BCUT2D eigenvalue weighted by atomic mass is 10.0. The van der Waals surface area contributed by atoms with Crippen LogP contribution in [0.3, 0.4) is 0 Å². The molecular formula is C14H16BrFN2O2. The fourth-order valence-corrected chi connectivity index (χ4v) is 2.68. The third-order valence-corrected chi connectivity index (χ3v) is 4.03. The average Bonchev–Trinajstić information content (AvgIpc) is 2.88. The lowest BCUT2D eigenvalue weighted by Gasteiger charge is -2.25. The van der Waals surface area contributed by atoms with E-state index in [9.17, 15) is 14.0 Å². The topological polar surface area (TPSA) is 49.4 Å². The van der Waals surface area contributed by atoms with E-state index >= 15 is 0 Å². The molecule has 0 unspecified atom stereocenters. The highest BCUT2D eigenvalue weighted by Gasteiger charge is 2.30. The highest BCUT2D eigenvalue weighted by Crippen LogP contribution is 2.33. The smallest absolute Gasteiger partial charge is 0.242 e. The Bertz CT molecular complexity index is 536. The molecule has 1 fully saturated rings. The molecule has 0 spiro atoms. The second kappa shape index (κ2) is 6.35. The summed E-state index contributed by atoms with van der Waals surface area (Å²) < 4.78 is 14.0. The van der Waals surface area contributed by atoms with Crippen molar-refractivity contribution in [2.75, 3.05) is 13.1 Å². The van der Waals surface area contributed by atoms with Gasteiger partial charge in [0.25, 0.3) is 0 Å². The second-order valence-corrected chi connectivity index (χ2v) is 5.68. The predicted molar refractivity (Wildman–Crippen MR) is 76.5 cm³/mol. The van der Waals surface area contributed by atoms with Crippen molar-refractivity contribution in [1.82, 2.24) is 10.2 Å². The molecule has 1 N–H and O–H groups in total. The summed E-state index contributed by atoms with van der Waals surface area (Å²) >= 11 is 3.12. The Labute approximate surface area is 125 Å². The zero-order chi connectivity index (χ0) is 14.7. The summed E-state index contributed by atoms with van der Waals surface area (Å²) in [5, 5.41) is 2.50. The van der Waals surface area contributed by atoms with Crippen LogP contribution in [0.1, 0.15) is 31.4 Å². The summed E-state index contributed by atoms with van der Waals surface area (Å²) in [6, 6.07) is 4.82. The summed E-state index contributed by atoms with van der Waals surface area (Å²) in [5.74, 6) is -0.696. The number of benzene rings is 1. The van der Waals surface area contributed by atoms with Crippen molar-refractivity contribution in [2.45, 2.75) is 25.8 Å². The largest absolute Gasteiger partial charge is 0.347 e. The van der Waals surface area contributed by atoms with Gasteiger partial charge >= 0.3 is 0 Å². The van der Waals surface area contributed by atoms with Crippen LogP contribution in [0.15, 0.2) is 22.7 Å². The molecule has 2 rings (SSSR count). The van der Waals surface area contributed by atoms with Gasteiger partial charge in [0.15, 0.2) is 0 Å². The average molecular weight is 343 g/mol. The van der Waals surface area contributed by atoms with Crippen LogP contribution in [0.25, 0.3) is 0 Å². The first kappa shape index (κ1) is 15.0. The lowest BCUT2D eigenvalue weighted by Crippen LogP contribution is -2.39. The molecule has 1 aliphatic rings.